The number of amides is 2. The van der Waals surface area contributed by atoms with Gasteiger partial charge in [-0.1, -0.05) is 46.4 Å². The number of rotatable bonds is 14. The molecule has 0 spiro atoms. The first-order valence-electron chi connectivity index (χ1n) is 21.8. The van der Waals surface area contributed by atoms with Gasteiger partial charge in [0.2, 0.25) is 0 Å². The van der Waals surface area contributed by atoms with Crippen molar-refractivity contribution in [2.24, 2.45) is 40.9 Å². The Morgan fingerprint density at radius 1 is 0.405 bits per heavy atom. The number of hydrogen-bond acceptors (Lipinski definition) is 19. The molecule has 0 aromatic heterocycles. The molecule has 0 aliphatic rings. The van der Waals surface area contributed by atoms with Crippen molar-refractivity contribution in [2.45, 2.75) is 33.4 Å². The van der Waals surface area contributed by atoms with Gasteiger partial charge in [-0.05, 0) is 145 Å². The fourth-order valence-corrected chi connectivity index (χ4v) is 11.4. The SMILES string of the molecule is Cc1cc(N=Nc2c(S(=O)(=O)O)cc3cc(NC(=O)Nc4ccc5c(O)c(N=Nc6ccc(N=Nc7c(Cl)cc(Cl)cc7S(=O)(=O)O)c(C)c6)c(S(=O)(=O)O)cc5c4)ccc3c2O)ccc1N=Nc1c(Cl)cc(Cl)cc1S(=O)(=O)O.[Na].[Na].[Na].[Na]. The molecule has 0 bridgehead atoms. The van der Waals surface area contributed by atoms with E-state index in [4.69, 9.17) is 46.4 Å². The molecule has 8 rings (SSSR count). The maximum Gasteiger partial charge on any atom is 0.323 e. The molecule has 0 saturated carbocycles. The van der Waals surface area contributed by atoms with Crippen molar-refractivity contribution in [1.29, 1.82) is 0 Å². The van der Waals surface area contributed by atoms with Crippen LogP contribution in [0.1, 0.15) is 11.1 Å². The fraction of sp³-hybridized carbons (Fsp3) is 0.0426. The Kier molecular flexibility index (Phi) is 25.2. The number of aryl methyl sites for hydroxylation is 2. The molecule has 8 aromatic carbocycles. The number of halogens is 4. The molecule has 416 valence electrons. The number of phenolic OH excluding ortho intramolecular Hbond substituents is 2. The van der Waals surface area contributed by atoms with Crippen molar-refractivity contribution < 1.29 is 66.9 Å². The Labute approximate surface area is 585 Å². The zero-order chi connectivity index (χ0) is 58.4. The van der Waals surface area contributed by atoms with E-state index in [0.717, 1.165) is 24.3 Å². The first kappa shape index (κ1) is 72.8. The summed E-state index contributed by atoms with van der Waals surface area (Å²) >= 11 is 24.0. The number of benzene rings is 8. The standard InChI is InChI=1S/C47H32Cl4N10O15S4.4Na/c1-21-11-29(5-9-35(21)56-58-41-33(50)17-25(48)19-39(41)79(71,72)73)54-60-43-37(77(65,66)67)15-23-13-27(3-7-31(23)45(43)62)52-47(64)53-28-4-8-32-24(14-28)16-38(78(68,69)70)44(46(32)63)61-55-30-6-10-36(22(2)12-30)57-59-42-34(51)18-26(49)20-40(42)80(74,75)76;;;;/h3-20,62-63H,1-2H3,(H2,52,53,64)(H,65,66,67)(H,68,69,70)(H,71,72,73)(H,74,75,76);;;;. The minimum absolute atomic E-state index is 0. The molecule has 0 atom stereocenters. The second-order valence-corrected chi connectivity index (χ2v) is 24.0. The Morgan fingerprint density at radius 2 is 0.726 bits per heavy atom. The van der Waals surface area contributed by atoms with Gasteiger partial charge < -0.3 is 20.8 Å². The van der Waals surface area contributed by atoms with Crippen LogP contribution in [0, 0.1) is 13.8 Å². The van der Waals surface area contributed by atoms with Crippen molar-refractivity contribution in [2.75, 3.05) is 10.6 Å². The van der Waals surface area contributed by atoms with Gasteiger partial charge in [-0.25, -0.2) is 4.79 Å². The van der Waals surface area contributed by atoms with Crippen molar-refractivity contribution in [1.82, 2.24) is 0 Å². The Balaban J connectivity index is 0.00000378. The molecule has 0 aliphatic heterocycles. The number of phenols is 2. The molecule has 0 fully saturated rings. The minimum Gasteiger partial charge on any atom is -0.505 e. The Morgan fingerprint density at radius 3 is 1.05 bits per heavy atom. The third-order valence-corrected chi connectivity index (χ3v) is 15.6. The summed E-state index contributed by atoms with van der Waals surface area (Å²) in [6.07, 6.45) is 0. The number of fused-ring (bicyclic) bond motifs is 2. The van der Waals surface area contributed by atoms with Crippen LogP contribution < -0.4 is 10.6 Å². The molecular weight excluding hydrogens is 1310 g/mol. The van der Waals surface area contributed by atoms with E-state index in [9.17, 15) is 66.9 Å². The van der Waals surface area contributed by atoms with Crippen molar-refractivity contribution in [3.8, 4) is 11.5 Å². The number of hydrogen-bond donors (Lipinski definition) is 8. The molecule has 0 aliphatic carbocycles. The zero-order valence-electron chi connectivity index (χ0n) is 44.0. The number of anilines is 2. The summed E-state index contributed by atoms with van der Waals surface area (Å²) in [5.41, 5.74) is -0.693. The molecular formula is C47H32Cl4N10Na4O15S4. The smallest absolute Gasteiger partial charge is 0.323 e. The number of carbonyl (C=O) groups excluding carboxylic acids is 1. The average molecular weight is 1340 g/mol. The maximum absolute atomic E-state index is 13.3. The maximum atomic E-state index is 13.3. The molecule has 0 unspecified atom stereocenters. The van der Waals surface area contributed by atoms with Crippen LogP contribution in [0.4, 0.5) is 61.7 Å². The summed E-state index contributed by atoms with van der Waals surface area (Å²) in [5, 5.41) is 58.5. The van der Waals surface area contributed by atoms with E-state index in [-0.39, 0.29) is 194 Å². The molecule has 0 heterocycles. The quantitative estimate of drug-likeness (QED) is 0.0285. The summed E-state index contributed by atoms with van der Waals surface area (Å²) in [6, 6.07) is 21.4. The van der Waals surface area contributed by atoms with Crippen LogP contribution in [0.25, 0.3) is 21.5 Å². The van der Waals surface area contributed by atoms with Gasteiger partial charge >= 0.3 is 6.03 Å². The summed E-state index contributed by atoms with van der Waals surface area (Å²) < 4.78 is 138. The van der Waals surface area contributed by atoms with E-state index in [1.807, 2.05) is 0 Å². The van der Waals surface area contributed by atoms with Gasteiger partial charge in [-0.15, -0.1) is 20.5 Å². The molecule has 8 N–H and O–H groups in total. The van der Waals surface area contributed by atoms with Gasteiger partial charge in [0.15, 0.2) is 11.5 Å². The Bertz CT molecular complexity index is 4310. The van der Waals surface area contributed by atoms with Gasteiger partial charge in [0.05, 0.1) is 32.8 Å². The van der Waals surface area contributed by atoms with Crippen LogP contribution in [0.5, 0.6) is 11.5 Å². The van der Waals surface area contributed by atoms with Crippen LogP contribution >= 0.6 is 46.4 Å². The molecule has 84 heavy (non-hydrogen) atoms. The zero-order valence-corrected chi connectivity index (χ0v) is 58.3. The van der Waals surface area contributed by atoms with Crippen LogP contribution in [0.3, 0.4) is 0 Å². The summed E-state index contributed by atoms with van der Waals surface area (Å²) in [5.74, 6) is -1.46. The molecule has 4 radical (unpaired) electrons. The Hall–Kier alpha value is -3.65. The summed E-state index contributed by atoms with van der Waals surface area (Å²) in [7, 11) is -19.8. The van der Waals surface area contributed by atoms with Gasteiger partial charge in [-0.2, -0.15) is 54.1 Å². The van der Waals surface area contributed by atoms with Crippen molar-refractivity contribution in [3.05, 3.63) is 140 Å². The molecule has 25 nitrogen and oxygen atoms in total. The van der Waals surface area contributed by atoms with E-state index in [2.05, 4.69) is 51.5 Å². The van der Waals surface area contributed by atoms with Gasteiger partial charge in [-0.3, -0.25) is 18.2 Å². The number of urea groups is 1. The first-order chi connectivity index (χ1) is 37.3. The van der Waals surface area contributed by atoms with Gasteiger partial charge in [0, 0.05) is 150 Å². The van der Waals surface area contributed by atoms with E-state index in [1.54, 1.807) is 13.8 Å². The molecule has 8 aromatic rings. The second-order valence-electron chi connectivity index (χ2n) is 16.7. The molecule has 37 heteroatoms. The van der Waals surface area contributed by atoms with Crippen LogP contribution in [-0.2, 0) is 40.5 Å². The van der Waals surface area contributed by atoms with Gasteiger partial charge in [0.25, 0.3) is 40.5 Å². The molecule has 2 amide bonds. The van der Waals surface area contributed by atoms with Crippen molar-refractivity contribution in [3.63, 3.8) is 0 Å². The van der Waals surface area contributed by atoms with E-state index >= 15 is 0 Å². The van der Waals surface area contributed by atoms with E-state index in [0.29, 0.717) is 11.1 Å². The topological polar surface area (TPSA) is 398 Å². The molecule has 0 saturated heterocycles. The van der Waals surface area contributed by atoms with Crippen LogP contribution in [0.15, 0.2) is 170 Å². The number of carbonyl (C=O) groups is 1. The normalized spacial score (nSPS) is 12.1. The number of nitrogens with zero attached hydrogens (tertiary/aromatic N) is 8. The minimum atomic E-state index is -5.10. The van der Waals surface area contributed by atoms with E-state index in [1.165, 1.54) is 84.9 Å². The third kappa shape index (κ3) is 17.4. The predicted molar refractivity (Wildman–Crippen MR) is 318 cm³/mol. The first-order valence-corrected chi connectivity index (χ1v) is 29.1. The monoisotopic (exact) mass is 1340 g/mol. The number of aromatic hydroxyl groups is 2. The van der Waals surface area contributed by atoms with Crippen molar-refractivity contribution >= 4 is 290 Å². The predicted octanol–water partition coefficient (Wildman–Crippen LogP) is 13.4. The summed E-state index contributed by atoms with van der Waals surface area (Å²) in [4.78, 5) is 10.2. The largest absolute Gasteiger partial charge is 0.505 e. The van der Waals surface area contributed by atoms with Crippen LogP contribution in [-0.4, -0.2) is 186 Å². The third-order valence-electron chi connectivity index (χ3n) is 11.1. The van der Waals surface area contributed by atoms with Gasteiger partial charge in [0.1, 0.15) is 42.3 Å². The van der Waals surface area contributed by atoms with Crippen LogP contribution in [0.2, 0.25) is 20.1 Å². The second kappa shape index (κ2) is 29.1. The average Bonchev–Trinajstić information content (AvgIpc) is 3.38. The number of azo groups is 4. The number of nitrogens with one attached hydrogen (secondary N) is 2. The fourth-order valence-electron chi connectivity index (χ4n) is 7.46. The van der Waals surface area contributed by atoms with E-state index < -0.39 is 100 Å². The summed E-state index contributed by atoms with van der Waals surface area (Å²) in [6.45, 7) is 3.13.